The highest BCUT2D eigenvalue weighted by Gasteiger charge is 2.11. The van der Waals surface area contributed by atoms with E-state index in [-0.39, 0.29) is 11.7 Å². The van der Waals surface area contributed by atoms with Crippen LogP contribution in [0.5, 0.6) is 0 Å². The summed E-state index contributed by atoms with van der Waals surface area (Å²) >= 11 is 0. The van der Waals surface area contributed by atoms with Crippen LogP contribution in [0.15, 0.2) is 22.8 Å². The lowest BCUT2D eigenvalue weighted by Gasteiger charge is -2.06. The number of furan rings is 1. The van der Waals surface area contributed by atoms with Gasteiger partial charge in [-0.15, -0.1) is 0 Å². The SMILES string of the molecule is Cc1coc2cc(C(C)C)c(F)cc12. The molecule has 0 spiro atoms. The van der Waals surface area contributed by atoms with Crippen molar-refractivity contribution in [3.05, 3.63) is 35.3 Å². The van der Waals surface area contributed by atoms with Crippen LogP contribution < -0.4 is 0 Å². The summed E-state index contributed by atoms with van der Waals surface area (Å²) in [5, 5.41) is 0.868. The summed E-state index contributed by atoms with van der Waals surface area (Å²) in [5.41, 5.74) is 2.47. The van der Waals surface area contributed by atoms with E-state index in [0.717, 1.165) is 16.5 Å². The zero-order valence-electron chi connectivity index (χ0n) is 8.60. The number of rotatable bonds is 1. The molecule has 0 bridgehead atoms. The minimum Gasteiger partial charge on any atom is -0.464 e. The number of fused-ring (bicyclic) bond motifs is 1. The third kappa shape index (κ3) is 1.31. The fraction of sp³-hybridized carbons (Fsp3) is 0.333. The Hall–Kier alpha value is -1.31. The molecule has 0 radical (unpaired) electrons. The monoisotopic (exact) mass is 192 g/mol. The van der Waals surface area contributed by atoms with Gasteiger partial charge in [0.2, 0.25) is 0 Å². The summed E-state index contributed by atoms with van der Waals surface area (Å²) in [5.74, 6) is 0.0433. The lowest BCUT2D eigenvalue weighted by Crippen LogP contribution is -1.92. The Morgan fingerprint density at radius 2 is 2.00 bits per heavy atom. The van der Waals surface area contributed by atoms with Gasteiger partial charge in [-0.3, -0.25) is 0 Å². The minimum absolute atomic E-state index is 0.142. The van der Waals surface area contributed by atoms with E-state index in [9.17, 15) is 4.39 Å². The van der Waals surface area contributed by atoms with Gasteiger partial charge in [0.25, 0.3) is 0 Å². The first kappa shape index (κ1) is 9.25. The molecule has 14 heavy (non-hydrogen) atoms. The normalized spacial score (nSPS) is 11.5. The van der Waals surface area contributed by atoms with Crippen LogP contribution in [0.2, 0.25) is 0 Å². The van der Waals surface area contributed by atoms with Gasteiger partial charge in [-0.05, 0) is 36.1 Å². The van der Waals surface area contributed by atoms with Gasteiger partial charge in [0.05, 0.1) is 6.26 Å². The largest absolute Gasteiger partial charge is 0.464 e. The number of aryl methyl sites for hydroxylation is 1. The molecule has 0 aliphatic carbocycles. The quantitative estimate of drug-likeness (QED) is 0.665. The fourth-order valence-electron chi connectivity index (χ4n) is 1.63. The molecule has 1 nitrogen and oxygen atoms in total. The standard InChI is InChI=1S/C12H13FO/c1-7(2)9-5-12-10(4-11(9)13)8(3)6-14-12/h4-7H,1-3H3. The maximum atomic E-state index is 13.6. The molecule has 1 aromatic carbocycles. The van der Waals surface area contributed by atoms with E-state index in [1.807, 2.05) is 20.8 Å². The van der Waals surface area contributed by atoms with Crippen molar-refractivity contribution < 1.29 is 8.81 Å². The Kier molecular flexibility index (Phi) is 2.06. The molecule has 1 aromatic heterocycles. The van der Waals surface area contributed by atoms with E-state index in [0.29, 0.717) is 5.56 Å². The molecule has 2 heteroatoms. The van der Waals surface area contributed by atoms with Gasteiger partial charge in [0.15, 0.2) is 0 Å². The van der Waals surface area contributed by atoms with Crippen LogP contribution in [-0.4, -0.2) is 0 Å². The van der Waals surface area contributed by atoms with Crippen molar-refractivity contribution in [3.8, 4) is 0 Å². The molecule has 0 amide bonds. The van der Waals surface area contributed by atoms with Gasteiger partial charge in [-0.2, -0.15) is 0 Å². The maximum absolute atomic E-state index is 13.6. The second-order valence-corrected chi connectivity index (χ2v) is 3.94. The Morgan fingerprint density at radius 3 is 2.64 bits per heavy atom. The molecule has 2 rings (SSSR count). The number of hydrogen-bond acceptors (Lipinski definition) is 1. The lowest BCUT2D eigenvalue weighted by molar-refractivity contribution is 0.591. The third-order valence-electron chi connectivity index (χ3n) is 2.51. The van der Waals surface area contributed by atoms with Gasteiger partial charge < -0.3 is 4.42 Å². The topological polar surface area (TPSA) is 13.1 Å². The molecule has 0 aliphatic heterocycles. The zero-order valence-corrected chi connectivity index (χ0v) is 8.60. The molecule has 1 heterocycles. The van der Waals surface area contributed by atoms with Crippen molar-refractivity contribution >= 4 is 11.0 Å². The molecule has 0 fully saturated rings. The molecule has 0 saturated carbocycles. The van der Waals surface area contributed by atoms with Crippen LogP contribution >= 0.6 is 0 Å². The van der Waals surface area contributed by atoms with Gasteiger partial charge in [0.1, 0.15) is 11.4 Å². The van der Waals surface area contributed by atoms with E-state index in [2.05, 4.69) is 0 Å². The Balaban J connectivity index is 2.72. The summed E-state index contributed by atoms with van der Waals surface area (Å²) in [6.45, 7) is 5.86. The summed E-state index contributed by atoms with van der Waals surface area (Å²) in [6, 6.07) is 3.35. The van der Waals surface area contributed by atoms with Crippen molar-refractivity contribution in [1.82, 2.24) is 0 Å². The van der Waals surface area contributed by atoms with E-state index in [1.54, 1.807) is 18.4 Å². The van der Waals surface area contributed by atoms with Crippen LogP contribution in [0.1, 0.15) is 30.9 Å². The molecule has 0 atom stereocenters. The summed E-state index contributed by atoms with van der Waals surface area (Å²) in [4.78, 5) is 0. The maximum Gasteiger partial charge on any atom is 0.134 e. The van der Waals surface area contributed by atoms with E-state index in [4.69, 9.17) is 4.42 Å². The van der Waals surface area contributed by atoms with Crippen LogP contribution in [0.4, 0.5) is 4.39 Å². The predicted octanol–water partition coefficient (Wildman–Crippen LogP) is 4.00. The third-order valence-corrected chi connectivity index (χ3v) is 2.51. The highest BCUT2D eigenvalue weighted by molar-refractivity contribution is 5.81. The second kappa shape index (κ2) is 3.12. The van der Waals surface area contributed by atoms with Crippen molar-refractivity contribution in [1.29, 1.82) is 0 Å². The molecule has 0 N–H and O–H groups in total. The van der Waals surface area contributed by atoms with E-state index < -0.39 is 0 Å². The molecule has 2 aromatic rings. The summed E-state index contributed by atoms with van der Waals surface area (Å²) in [7, 11) is 0. The highest BCUT2D eigenvalue weighted by Crippen LogP contribution is 2.27. The Bertz CT molecular complexity index is 468. The number of halogens is 1. The average Bonchev–Trinajstić information content (AvgIpc) is 2.46. The minimum atomic E-state index is -0.142. The first-order chi connectivity index (χ1) is 6.59. The first-order valence-corrected chi connectivity index (χ1v) is 4.77. The summed E-state index contributed by atoms with van der Waals surface area (Å²) < 4.78 is 18.9. The van der Waals surface area contributed by atoms with Gasteiger partial charge in [-0.25, -0.2) is 4.39 Å². The Labute approximate surface area is 82.5 Å². The van der Waals surface area contributed by atoms with Crippen LogP contribution in [-0.2, 0) is 0 Å². The van der Waals surface area contributed by atoms with Crippen LogP contribution in [0.3, 0.4) is 0 Å². The van der Waals surface area contributed by atoms with Gasteiger partial charge in [-0.1, -0.05) is 13.8 Å². The van der Waals surface area contributed by atoms with E-state index >= 15 is 0 Å². The lowest BCUT2D eigenvalue weighted by atomic mass is 10.0. The smallest absolute Gasteiger partial charge is 0.134 e. The van der Waals surface area contributed by atoms with Crippen molar-refractivity contribution in [2.75, 3.05) is 0 Å². The fourth-order valence-corrected chi connectivity index (χ4v) is 1.63. The number of hydrogen-bond donors (Lipinski definition) is 0. The van der Waals surface area contributed by atoms with Crippen molar-refractivity contribution in [3.63, 3.8) is 0 Å². The molecular weight excluding hydrogens is 179 g/mol. The van der Waals surface area contributed by atoms with Crippen LogP contribution in [0, 0.1) is 12.7 Å². The predicted molar refractivity (Wildman–Crippen MR) is 55.0 cm³/mol. The Morgan fingerprint density at radius 1 is 1.29 bits per heavy atom. The number of benzene rings is 1. The molecule has 0 aliphatic rings. The van der Waals surface area contributed by atoms with Gasteiger partial charge >= 0.3 is 0 Å². The van der Waals surface area contributed by atoms with E-state index in [1.165, 1.54) is 0 Å². The molecule has 0 unspecified atom stereocenters. The van der Waals surface area contributed by atoms with Crippen LogP contribution in [0.25, 0.3) is 11.0 Å². The first-order valence-electron chi connectivity index (χ1n) is 4.77. The second-order valence-electron chi connectivity index (χ2n) is 3.94. The average molecular weight is 192 g/mol. The molecule has 0 saturated heterocycles. The van der Waals surface area contributed by atoms with Gasteiger partial charge in [0, 0.05) is 5.39 Å². The molecular formula is C12H13FO. The van der Waals surface area contributed by atoms with Crippen molar-refractivity contribution in [2.24, 2.45) is 0 Å². The summed E-state index contributed by atoms with van der Waals surface area (Å²) in [6.07, 6.45) is 1.66. The zero-order chi connectivity index (χ0) is 10.3. The molecule has 74 valence electrons. The highest BCUT2D eigenvalue weighted by atomic mass is 19.1. The van der Waals surface area contributed by atoms with Crippen molar-refractivity contribution in [2.45, 2.75) is 26.7 Å².